The number of methoxy groups -OCH3 is 1. The predicted molar refractivity (Wildman–Crippen MR) is 139 cm³/mol. The zero-order chi connectivity index (χ0) is 24.4. The molecule has 1 aliphatic rings. The molecule has 0 atom stereocenters. The van der Waals surface area contributed by atoms with Crippen molar-refractivity contribution in [3.63, 3.8) is 0 Å². The molecule has 0 unspecified atom stereocenters. The fourth-order valence-electron chi connectivity index (χ4n) is 4.63. The number of benzene rings is 1. The molecule has 0 radical (unpaired) electrons. The molecular weight excluding hydrogens is 485 g/mol. The fraction of sp³-hybridized carbons (Fsp3) is 0.269. The number of amides is 1. The Morgan fingerprint density at radius 3 is 2.69 bits per heavy atom. The lowest BCUT2D eigenvalue weighted by atomic mass is 9.91. The van der Waals surface area contributed by atoms with Crippen LogP contribution in [-0.2, 0) is 0 Å². The van der Waals surface area contributed by atoms with Gasteiger partial charge in [0.1, 0.15) is 22.4 Å². The summed E-state index contributed by atoms with van der Waals surface area (Å²) >= 11 is 12.4. The van der Waals surface area contributed by atoms with E-state index in [1.807, 2.05) is 30.5 Å². The van der Waals surface area contributed by atoms with Crippen molar-refractivity contribution in [3.05, 3.63) is 70.6 Å². The lowest BCUT2D eigenvalue weighted by molar-refractivity contribution is 0.0923. The van der Waals surface area contributed by atoms with Gasteiger partial charge in [0, 0.05) is 40.4 Å². The first kappa shape index (κ1) is 23.5. The van der Waals surface area contributed by atoms with E-state index < -0.39 is 0 Å². The number of nitrogens with one attached hydrogen (secondary N) is 3. The number of pyridine rings is 2. The monoisotopic (exact) mass is 509 g/mol. The van der Waals surface area contributed by atoms with E-state index in [9.17, 15) is 4.79 Å². The molecule has 5 rings (SSSR count). The van der Waals surface area contributed by atoms with E-state index in [0.717, 1.165) is 53.7 Å². The van der Waals surface area contributed by atoms with Gasteiger partial charge in [-0.25, -0.2) is 9.97 Å². The number of hydrogen-bond acceptors (Lipinski definition) is 5. The molecule has 1 aromatic carbocycles. The Labute approximate surface area is 213 Å². The summed E-state index contributed by atoms with van der Waals surface area (Å²) in [5.74, 6) is 1.06. The molecule has 1 amide bonds. The maximum atomic E-state index is 12.8. The topological polar surface area (TPSA) is 91.9 Å². The zero-order valence-electron chi connectivity index (χ0n) is 19.1. The number of aromatic nitrogens is 3. The van der Waals surface area contributed by atoms with Gasteiger partial charge in [-0.15, -0.1) is 0 Å². The number of nitrogens with zero attached hydrogens (tertiary/aromatic N) is 2. The fourth-order valence-corrected chi connectivity index (χ4v) is 5.00. The summed E-state index contributed by atoms with van der Waals surface area (Å²) in [6.45, 7) is 0. The summed E-state index contributed by atoms with van der Waals surface area (Å²) in [7, 11) is 1.53. The average Bonchev–Trinajstić information content (AvgIpc) is 3.29. The van der Waals surface area contributed by atoms with Crippen LogP contribution in [0.4, 0.5) is 5.82 Å². The molecule has 3 aromatic heterocycles. The minimum Gasteiger partial charge on any atom is -0.496 e. The van der Waals surface area contributed by atoms with Crippen LogP contribution in [-0.4, -0.2) is 40.1 Å². The van der Waals surface area contributed by atoms with Crippen molar-refractivity contribution in [2.24, 2.45) is 0 Å². The van der Waals surface area contributed by atoms with Gasteiger partial charge in [-0.1, -0.05) is 23.2 Å². The number of ether oxygens (including phenoxy) is 1. The molecule has 4 aromatic rings. The molecule has 9 heteroatoms. The molecular formula is C26H25Cl2N5O2. The third-order valence-corrected chi connectivity index (χ3v) is 6.81. The van der Waals surface area contributed by atoms with Gasteiger partial charge in [-0.3, -0.25) is 4.79 Å². The van der Waals surface area contributed by atoms with E-state index in [1.54, 1.807) is 24.4 Å². The van der Waals surface area contributed by atoms with Crippen LogP contribution in [0.25, 0.3) is 22.2 Å². The number of rotatable bonds is 6. The number of halogens is 2. The van der Waals surface area contributed by atoms with E-state index in [4.69, 9.17) is 27.9 Å². The quantitative estimate of drug-likeness (QED) is 0.273. The SMILES string of the molecule is COc1cc(Cl)ccc1C(=O)N[C@H]1CC[C@H](Nc2cc(-c3c[nH]c4ncccc34)cc(Cl)n2)CC1. The summed E-state index contributed by atoms with van der Waals surface area (Å²) in [5, 5.41) is 8.66. The molecule has 1 aliphatic carbocycles. The Bertz CT molecular complexity index is 1370. The standard InChI is InChI=1S/C26H25Cl2N5O2/c1-35-22-13-16(27)4-9-20(22)26(34)32-18-7-5-17(6-8-18)31-24-12-15(11-23(28)33-24)21-14-30-25-19(21)3-2-10-29-25/h2-4,9-14,17-18H,5-8H2,1H3,(H,29,30)(H,31,33)(H,32,34)/t17-,18-. The Balaban J connectivity index is 1.22. The number of carbonyl (C=O) groups is 1. The summed E-state index contributed by atoms with van der Waals surface area (Å²) in [4.78, 5) is 24.8. The van der Waals surface area contributed by atoms with Crippen LogP contribution < -0.4 is 15.4 Å². The molecule has 3 N–H and O–H groups in total. The van der Waals surface area contributed by atoms with Crippen LogP contribution in [0.3, 0.4) is 0 Å². The van der Waals surface area contributed by atoms with Crippen LogP contribution in [0.1, 0.15) is 36.0 Å². The lowest BCUT2D eigenvalue weighted by Crippen LogP contribution is -2.40. The smallest absolute Gasteiger partial charge is 0.255 e. The molecule has 0 bridgehead atoms. The first-order valence-electron chi connectivity index (χ1n) is 11.5. The predicted octanol–water partition coefficient (Wildman–Crippen LogP) is 6.09. The molecule has 1 fully saturated rings. The third kappa shape index (κ3) is 5.21. The average molecular weight is 510 g/mol. The summed E-state index contributed by atoms with van der Waals surface area (Å²) in [6.07, 6.45) is 7.24. The molecule has 1 saturated carbocycles. The van der Waals surface area contributed by atoms with Gasteiger partial charge in [-0.05, 0) is 73.7 Å². The molecule has 35 heavy (non-hydrogen) atoms. The highest BCUT2D eigenvalue weighted by molar-refractivity contribution is 6.31. The summed E-state index contributed by atoms with van der Waals surface area (Å²) in [5.41, 5.74) is 3.33. The van der Waals surface area contributed by atoms with Crippen molar-refractivity contribution in [2.75, 3.05) is 12.4 Å². The van der Waals surface area contributed by atoms with E-state index >= 15 is 0 Å². The Hall–Kier alpha value is -3.29. The normalized spacial score (nSPS) is 17.8. The van der Waals surface area contributed by atoms with Gasteiger partial charge in [0.25, 0.3) is 5.91 Å². The summed E-state index contributed by atoms with van der Waals surface area (Å²) < 4.78 is 5.31. The van der Waals surface area contributed by atoms with Crippen LogP contribution in [0.5, 0.6) is 5.75 Å². The van der Waals surface area contributed by atoms with Crippen molar-refractivity contribution >= 4 is 46.0 Å². The first-order valence-corrected chi connectivity index (χ1v) is 12.3. The van der Waals surface area contributed by atoms with Gasteiger partial charge in [0.05, 0.1) is 12.7 Å². The van der Waals surface area contributed by atoms with Gasteiger partial charge in [-0.2, -0.15) is 0 Å². The maximum absolute atomic E-state index is 12.8. The number of fused-ring (bicyclic) bond motifs is 1. The van der Waals surface area contributed by atoms with Crippen molar-refractivity contribution in [2.45, 2.75) is 37.8 Å². The molecule has 7 nitrogen and oxygen atoms in total. The van der Waals surface area contributed by atoms with Crippen LogP contribution in [0.2, 0.25) is 10.2 Å². The molecule has 3 heterocycles. The van der Waals surface area contributed by atoms with Crippen LogP contribution >= 0.6 is 23.2 Å². The van der Waals surface area contributed by atoms with Crippen LogP contribution in [0, 0.1) is 0 Å². The second-order valence-electron chi connectivity index (χ2n) is 8.68. The van der Waals surface area contributed by atoms with Crippen molar-refractivity contribution in [1.29, 1.82) is 0 Å². The third-order valence-electron chi connectivity index (χ3n) is 6.38. The minimum atomic E-state index is -0.149. The van der Waals surface area contributed by atoms with E-state index in [1.165, 1.54) is 7.11 Å². The summed E-state index contributed by atoms with van der Waals surface area (Å²) in [6, 6.07) is 13.2. The molecule has 0 saturated heterocycles. The highest BCUT2D eigenvalue weighted by Gasteiger charge is 2.24. The molecule has 0 spiro atoms. The number of aromatic amines is 1. The van der Waals surface area contributed by atoms with Gasteiger partial charge in [0.15, 0.2) is 0 Å². The molecule has 0 aliphatic heterocycles. The van der Waals surface area contributed by atoms with E-state index in [0.29, 0.717) is 21.5 Å². The van der Waals surface area contributed by atoms with Gasteiger partial charge >= 0.3 is 0 Å². The lowest BCUT2D eigenvalue weighted by Gasteiger charge is -2.30. The van der Waals surface area contributed by atoms with Crippen LogP contribution in [0.15, 0.2) is 54.9 Å². The minimum absolute atomic E-state index is 0.0996. The number of anilines is 1. The Morgan fingerprint density at radius 2 is 1.89 bits per heavy atom. The second-order valence-corrected chi connectivity index (χ2v) is 9.50. The first-order chi connectivity index (χ1) is 17.0. The van der Waals surface area contributed by atoms with Gasteiger partial charge in [0.2, 0.25) is 0 Å². The molecule has 180 valence electrons. The van der Waals surface area contributed by atoms with Crippen molar-refractivity contribution < 1.29 is 9.53 Å². The highest BCUT2D eigenvalue weighted by Crippen LogP contribution is 2.32. The van der Waals surface area contributed by atoms with E-state index in [-0.39, 0.29) is 18.0 Å². The zero-order valence-corrected chi connectivity index (χ0v) is 20.7. The largest absolute Gasteiger partial charge is 0.496 e. The second kappa shape index (κ2) is 10.1. The van der Waals surface area contributed by atoms with Gasteiger partial charge < -0.3 is 20.4 Å². The van der Waals surface area contributed by atoms with Crippen molar-refractivity contribution in [3.8, 4) is 16.9 Å². The Kier molecular flexibility index (Phi) is 6.79. The maximum Gasteiger partial charge on any atom is 0.255 e. The van der Waals surface area contributed by atoms with E-state index in [2.05, 4.69) is 25.6 Å². The number of H-pyrrole nitrogens is 1. The highest BCUT2D eigenvalue weighted by atomic mass is 35.5. The number of hydrogen-bond donors (Lipinski definition) is 3. The number of carbonyl (C=O) groups excluding carboxylic acids is 1. The Morgan fingerprint density at radius 1 is 1.09 bits per heavy atom. The van der Waals surface area contributed by atoms with Crippen molar-refractivity contribution in [1.82, 2.24) is 20.3 Å².